The SMILES string of the molecule is CS(=O)(=O)N1CCC[C@@H]1C(=O)Nc1ccc(Br)cc1C(=O)c1ccccc1Cl. The van der Waals surface area contributed by atoms with Gasteiger partial charge in [0.15, 0.2) is 5.78 Å². The molecule has 2 aromatic carbocycles. The van der Waals surface area contributed by atoms with Crippen LogP contribution in [0.5, 0.6) is 0 Å². The Bertz CT molecular complexity index is 1040. The number of carbonyl (C=O) groups is 2. The zero-order chi connectivity index (χ0) is 20.5. The van der Waals surface area contributed by atoms with E-state index in [1.165, 1.54) is 4.31 Å². The van der Waals surface area contributed by atoms with E-state index in [0.29, 0.717) is 40.1 Å². The zero-order valence-corrected chi connectivity index (χ0v) is 18.1. The maximum absolute atomic E-state index is 13.0. The van der Waals surface area contributed by atoms with E-state index in [9.17, 15) is 18.0 Å². The second-order valence-corrected chi connectivity index (χ2v) is 9.78. The van der Waals surface area contributed by atoms with Crippen LogP contribution in [0.2, 0.25) is 5.02 Å². The predicted molar refractivity (Wildman–Crippen MR) is 112 cm³/mol. The Morgan fingerprint density at radius 3 is 2.57 bits per heavy atom. The largest absolute Gasteiger partial charge is 0.324 e. The molecule has 1 amide bonds. The number of nitrogens with zero attached hydrogens (tertiary/aromatic N) is 1. The molecule has 2 aromatic rings. The number of ketones is 1. The maximum Gasteiger partial charge on any atom is 0.242 e. The Labute approximate surface area is 177 Å². The van der Waals surface area contributed by atoms with Crippen LogP contribution >= 0.6 is 27.5 Å². The lowest BCUT2D eigenvalue weighted by Gasteiger charge is -2.22. The molecule has 1 atom stereocenters. The van der Waals surface area contributed by atoms with Crippen LogP contribution in [-0.2, 0) is 14.8 Å². The second-order valence-electron chi connectivity index (χ2n) is 6.52. The quantitative estimate of drug-likeness (QED) is 0.655. The van der Waals surface area contributed by atoms with Gasteiger partial charge >= 0.3 is 0 Å². The van der Waals surface area contributed by atoms with Crippen molar-refractivity contribution in [3.8, 4) is 0 Å². The fourth-order valence-electron chi connectivity index (χ4n) is 3.22. The third-order valence-corrected chi connectivity index (χ3v) is 6.65. The van der Waals surface area contributed by atoms with Gasteiger partial charge < -0.3 is 5.32 Å². The van der Waals surface area contributed by atoms with Crippen LogP contribution in [0.15, 0.2) is 46.9 Å². The van der Waals surface area contributed by atoms with E-state index < -0.39 is 22.0 Å². The summed E-state index contributed by atoms with van der Waals surface area (Å²) in [4.78, 5) is 25.8. The van der Waals surface area contributed by atoms with Crippen molar-refractivity contribution in [3.63, 3.8) is 0 Å². The average molecular weight is 486 g/mol. The van der Waals surface area contributed by atoms with Crippen LogP contribution < -0.4 is 5.32 Å². The number of hydrogen-bond acceptors (Lipinski definition) is 4. The van der Waals surface area contributed by atoms with E-state index in [-0.39, 0.29) is 11.3 Å². The van der Waals surface area contributed by atoms with Crippen molar-refractivity contribution >= 4 is 54.9 Å². The van der Waals surface area contributed by atoms with Gasteiger partial charge in [-0.2, -0.15) is 4.31 Å². The molecule has 0 radical (unpaired) electrons. The molecule has 9 heteroatoms. The highest BCUT2D eigenvalue weighted by molar-refractivity contribution is 9.10. The smallest absolute Gasteiger partial charge is 0.242 e. The molecule has 0 aliphatic carbocycles. The minimum Gasteiger partial charge on any atom is -0.324 e. The molecular formula is C19H18BrClN2O4S. The fraction of sp³-hybridized carbons (Fsp3) is 0.263. The molecule has 1 aliphatic heterocycles. The summed E-state index contributed by atoms with van der Waals surface area (Å²) in [5.41, 5.74) is 0.884. The van der Waals surface area contributed by atoms with Crippen LogP contribution in [-0.4, -0.2) is 43.3 Å². The standard InChI is InChI=1S/C19H18BrClN2O4S/c1-28(26,27)23-10-4-7-17(23)19(25)22-16-9-8-12(20)11-14(16)18(24)13-5-2-3-6-15(13)21/h2-3,5-6,8-9,11,17H,4,7,10H2,1H3,(H,22,25)/t17-/m1/s1. The van der Waals surface area contributed by atoms with E-state index in [0.717, 1.165) is 6.26 Å². The van der Waals surface area contributed by atoms with E-state index in [4.69, 9.17) is 11.6 Å². The summed E-state index contributed by atoms with van der Waals surface area (Å²) in [6.07, 6.45) is 2.13. The minimum atomic E-state index is -3.49. The van der Waals surface area contributed by atoms with Gasteiger partial charge in [-0.25, -0.2) is 8.42 Å². The van der Waals surface area contributed by atoms with Gasteiger partial charge in [0.25, 0.3) is 0 Å². The normalized spacial score (nSPS) is 17.5. The van der Waals surface area contributed by atoms with Crippen molar-refractivity contribution in [1.29, 1.82) is 0 Å². The van der Waals surface area contributed by atoms with Crippen molar-refractivity contribution in [2.75, 3.05) is 18.1 Å². The second kappa shape index (κ2) is 8.32. The molecule has 0 unspecified atom stereocenters. The highest BCUT2D eigenvalue weighted by atomic mass is 79.9. The molecule has 0 saturated carbocycles. The fourth-order valence-corrected chi connectivity index (χ4v) is 4.93. The lowest BCUT2D eigenvalue weighted by atomic mass is 10.0. The monoisotopic (exact) mass is 484 g/mol. The zero-order valence-electron chi connectivity index (χ0n) is 15.0. The van der Waals surface area contributed by atoms with Gasteiger partial charge in [-0.05, 0) is 43.2 Å². The number of hydrogen-bond donors (Lipinski definition) is 1. The first-order chi connectivity index (χ1) is 13.2. The van der Waals surface area contributed by atoms with Crippen molar-refractivity contribution in [2.24, 2.45) is 0 Å². The van der Waals surface area contributed by atoms with E-state index in [1.807, 2.05) is 0 Å². The van der Waals surface area contributed by atoms with Gasteiger partial charge in [0, 0.05) is 22.1 Å². The number of amides is 1. The van der Waals surface area contributed by atoms with Gasteiger partial charge in [-0.3, -0.25) is 9.59 Å². The molecule has 148 valence electrons. The molecule has 1 saturated heterocycles. The number of rotatable bonds is 5. The Balaban J connectivity index is 1.92. The number of sulfonamides is 1. The van der Waals surface area contributed by atoms with Crippen molar-refractivity contribution in [3.05, 3.63) is 63.1 Å². The average Bonchev–Trinajstić information content (AvgIpc) is 3.13. The van der Waals surface area contributed by atoms with Crippen LogP contribution in [0.1, 0.15) is 28.8 Å². The Hall–Kier alpha value is -1.74. The first kappa shape index (κ1) is 21.0. The lowest BCUT2D eigenvalue weighted by Crippen LogP contribution is -2.42. The molecule has 1 aliphatic rings. The molecule has 1 heterocycles. The van der Waals surface area contributed by atoms with Crippen molar-refractivity contribution in [1.82, 2.24) is 4.31 Å². The number of carbonyl (C=O) groups excluding carboxylic acids is 2. The molecule has 1 N–H and O–H groups in total. The van der Waals surface area contributed by atoms with Crippen LogP contribution in [0.4, 0.5) is 5.69 Å². The van der Waals surface area contributed by atoms with E-state index >= 15 is 0 Å². The summed E-state index contributed by atoms with van der Waals surface area (Å²) in [5.74, 6) is -0.799. The summed E-state index contributed by atoms with van der Waals surface area (Å²) in [5, 5.41) is 3.03. The van der Waals surface area contributed by atoms with Gasteiger partial charge in [0.1, 0.15) is 6.04 Å². The summed E-state index contributed by atoms with van der Waals surface area (Å²) in [7, 11) is -3.49. The topological polar surface area (TPSA) is 83.6 Å². The molecule has 28 heavy (non-hydrogen) atoms. The lowest BCUT2D eigenvalue weighted by molar-refractivity contribution is -0.119. The molecule has 0 bridgehead atoms. The molecule has 0 spiro atoms. The van der Waals surface area contributed by atoms with Gasteiger partial charge in [-0.15, -0.1) is 0 Å². The molecule has 0 aromatic heterocycles. The molecule has 6 nitrogen and oxygen atoms in total. The van der Waals surface area contributed by atoms with Gasteiger partial charge in [0.2, 0.25) is 15.9 Å². The van der Waals surface area contributed by atoms with Gasteiger partial charge in [-0.1, -0.05) is 39.7 Å². The third-order valence-electron chi connectivity index (χ3n) is 4.53. The summed E-state index contributed by atoms with van der Waals surface area (Å²) in [6.45, 7) is 0.308. The van der Waals surface area contributed by atoms with Crippen molar-refractivity contribution < 1.29 is 18.0 Å². The Kier molecular flexibility index (Phi) is 6.24. The third kappa shape index (κ3) is 4.46. The minimum absolute atomic E-state index is 0.264. The highest BCUT2D eigenvalue weighted by Crippen LogP contribution is 2.28. The number of halogens is 2. The van der Waals surface area contributed by atoms with Crippen molar-refractivity contribution in [2.45, 2.75) is 18.9 Å². The number of nitrogens with one attached hydrogen (secondary N) is 1. The molecule has 1 fully saturated rings. The summed E-state index contributed by atoms with van der Waals surface area (Å²) < 4.78 is 25.7. The van der Waals surface area contributed by atoms with Crippen LogP contribution in [0.3, 0.4) is 0 Å². The Morgan fingerprint density at radius 2 is 1.89 bits per heavy atom. The van der Waals surface area contributed by atoms with Gasteiger partial charge in [0.05, 0.1) is 17.0 Å². The maximum atomic E-state index is 13.0. The van der Waals surface area contributed by atoms with E-state index in [1.54, 1.807) is 42.5 Å². The van der Waals surface area contributed by atoms with Crippen LogP contribution in [0.25, 0.3) is 0 Å². The predicted octanol–water partition coefficient (Wildman–Crippen LogP) is 3.70. The Morgan fingerprint density at radius 1 is 1.18 bits per heavy atom. The summed E-state index contributed by atoms with van der Waals surface area (Å²) >= 11 is 9.48. The molecular weight excluding hydrogens is 468 g/mol. The number of benzene rings is 2. The summed E-state index contributed by atoms with van der Waals surface area (Å²) in [6, 6.07) is 10.8. The first-order valence-electron chi connectivity index (χ1n) is 8.55. The molecule has 3 rings (SSSR count). The van der Waals surface area contributed by atoms with E-state index in [2.05, 4.69) is 21.2 Å². The highest BCUT2D eigenvalue weighted by Gasteiger charge is 2.36. The number of anilines is 1. The van der Waals surface area contributed by atoms with Crippen LogP contribution in [0, 0.1) is 0 Å². The first-order valence-corrected chi connectivity index (χ1v) is 11.6.